The van der Waals surface area contributed by atoms with Crippen molar-refractivity contribution in [2.45, 2.75) is 84.4 Å². The number of rotatable bonds is 7. The molecule has 2 aliphatic rings. The van der Waals surface area contributed by atoms with Crippen LogP contribution in [0, 0.1) is 6.92 Å². The van der Waals surface area contributed by atoms with E-state index < -0.39 is 0 Å². The van der Waals surface area contributed by atoms with Crippen molar-refractivity contribution in [2.75, 3.05) is 25.0 Å². The molecule has 2 unspecified atom stereocenters. The number of fused-ring (bicyclic) bond motifs is 1. The Labute approximate surface area is 222 Å². The van der Waals surface area contributed by atoms with Gasteiger partial charge >= 0.3 is 0 Å². The van der Waals surface area contributed by atoms with E-state index in [1.807, 2.05) is 0 Å². The molecule has 0 saturated carbocycles. The molecule has 1 fully saturated rings. The molecule has 1 aromatic heterocycles. The lowest BCUT2D eigenvalue weighted by Crippen LogP contribution is -2.40. The summed E-state index contributed by atoms with van der Waals surface area (Å²) in [4.78, 5) is 15.3. The summed E-state index contributed by atoms with van der Waals surface area (Å²) in [5.41, 5.74) is 8.97. The Hall–Kier alpha value is -2.76. The molecule has 5 nitrogen and oxygen atoms in total. The second-order valence-electron chi connectivity index (χ2n) is 10.9. The minimum atomic E-state index is -0.308. The number of benzene rings is 2. The Morgan fingerprint density at radius 3 is 2.46 bits per heavy atom. The zero-order valence-corrected chi connectivity index (χ0v) is 23.0. The third kappa shape index (κ3) is 5.30. The molecule has 1 aliphatic heterocycles. The number of aromatic nitrogens is 2. The average Bonchev–Trinajstić information content (AvgIpc) is 2.93. The highest BCUT2D eigenvalue weighted by atomic mass is 16.3. The van der Waals surface area contributed by atoms with Crippen LogP contribution in [-0.2, 0) is 25.8 Å². The summed E-state index contributed by atoms with van der Waals surface area (Å²) in [6.45, 7) is 8.91. The molecule has 0 amide bonds. The maximum atomic E-state index is 10.6. The Balaban J connectivity index is 1.57. The first kappa shape index (κ1) is 25.9. The van der Waals surface area contributed by atoms with Gasteiger partial charge in [0.05, 0.1) is 6.10 Å². The molecule has 0 bridgehead atoms. The third-order valence-electron chi connectivity index (χ3n) is 8.39. The Morgan fingerprint density at radius 1 is 0.973 bits per heavy atom. The van der Waals surface area contributed by atoms with Crippen molar-refractivity contribution in [3.05, 3.63) is 76.0 Å². The van der Waals surface area contributed by atoms with Crippen LogP contribution in [0.25, 0.3) is 11.4 Å². The maximum Gasteiger partial charge on any atom is 0.162 e. The molecule has 5 rings (SSSR count). The largest absolute Gasteiger partial charge is 0.391 e. The van der Waals surface area contributed by atoms with E-state index in [1.54, 1.807) is 0 Å². The molecule has 1 saturated heterocycles. The van der Waals surface area contributed by atoms with E-state index in [0.717, 1.165) is 56.1 Å². The van der Waals surface area contributed by atoms with E-state index in [9.17, 15) is 5.11 Å². The average molecular weight is 499 g/mol. The Kier molecular flexibility index (Phi) is 7.92. The van der Waals surface area contributed by atoms with Crippen molar-refractivity contribution >= 4 is 5.82 Å². The topological polar surface area (TPSA) is 52.5 Å². The van der Waals surface area contributed by atoms with Crippen molar-refractivity contribution in [1.29, 1.82) is 0 Å². The van der Waals surface area contributed by atoms with E-state index in [-0.39, 0.29) is 6.10 Å². The van der Waals surface area contributed by atoms with Gasteiger partial charge in [0.1, 0.15) is 5.82 Å². The summed E-state index contributed by atoms with van der Waals surface area (Å²) in [7, 11) is 2.25. The maximum absolute atomic E-state index is 10.6. The van der Waals surface area contributed by atoms with Crippen LogP contribution in [0.3, 0.4) is 0 Å². The highest BCUT2D eigenvalue weighted by molar-refractivity contribution is 5.68. The number of aliphatic hydroxyl groups is 1. The molecule has 0 radical (unpaired) electrons. The number of nitrogens with zero attached hydrogens (tertiary/aromatic N) is 4. The molecular weight excluding hydrogens is 456 g/mol. The quantitative estimate of drug-likeness (QED) is 0.430. The first-order valence-corrected chi connectivity index (χ1v) is 14.2. The van der Waals surface area contributed by atoms with Crippen LogP contribution >= 0.6 is 0 Å². The van der Waals surface area contributed by atoms with Crippen LogP contribution < -0.4 is 4.90 Å². The first-order valence-electron chi connectivity index (χ1n) is 14.2. The zero-order chi connectivity index (χ0) is 25.9. The van der Waals surface area contributed by atoms with Gasteiger partial charge in [-0.15, -0.1) is 0 Å². The summed E-state index contributed by atoms with van der Waals surface area (Å²) in [5.74, 6) is 1.83. The smallest absolute Gasteiger partial charge is 0.162 e. The molecule has 1 N–H and O–H groups in total. The highest BCUT2D eigenvalue weighted by Crippen LogP contribution is 2.37. The summed E-state index contributed by atoms with van der Waals surface area (Å²) in [6.07, 6.45) is 7.01. The predicted octanol–water partition coefficient (Wildman–Crippen LogP) is 6.05. The molecule has 2 heterocycles. The summed E-state index contributed by atoms with van der Waals surface area (Å²) < 4.78 is 0. The number of hydrogen-bond acceptors (Lipinski definition) is 5. The number of anilines is 1. The zero-order valence-electron chi connectivity index (χ0n) is 23.0. The van der Waals surface area contributed by atoms with E-state index in [1.165, 1.54) is 52.6 Å². The molecule has 1 aliphatic carbocycles. The minimum absolute atomic E-state index is 0.308. The number of β-amino-alcohol motifs (C(OH)–C–C–N with tert-alkyl or cyclic N) is 1. The number of piperidine rings is 1. The molecule has 0 spiro atoms. The van der Waals surface area contributed by atoms with Crippen molar-refractivity contribution in [3.8, 4) is 11.4 Å². The van der Waals surface area contributed by atoms with Gasteiger partial charge in [0, 0.05) is 42.5 Å². The van der Waals surface area contributed by atoms with E-state index in [4.69, 9.17) is 9.97 Å². The van der Waals surface area contributed by atoms with Gasteiger partial charge in [-0.05, 0) is 81.2 Å². The van der Waals surface area contributed by atoms with Crippen molar-refractivity contribution in [1.82, 2.24) is 14.9 Å². The fraction of sp³-hybridized carbons (Fsp3) is 0.500. The normalized spacial score (nSPS) is 19.8. The number of aryl methyl sites for hydroxylation is 4. The molecular formula is C32H42N4O. The van der Waals surface area contributed by atoms with E-state index >= 15 is 0 Å². The molecule has 2 atom stereocenters. The van der Waals surface area contributed by atoms with Crippen LogP contribution in [0.4, 0.5) is 5.82 Å². The summed E-state index contributed by atoms with van der Waals surface area (Å²) >= 11 is 0. The van der Waals surface area contributed by atoms with Gasteiger partial charge < -0.3 is 10.0 Å². The molecule has 5 heteroatoms. The standard InChI is InChI=1S/C32H42N4O/c1-5-23-13-9-14-24(6-2)30(23)31-33-22(3)28(32(34-31)36-19-11-16-26(37)20-36)21-35(4)29-18-10-15-25-12-7-8-17-27(25)29/h7-9,12-14,17,26,29,37H,5-6,10-11,15-16,18-21H2,1-4H3. The van der Waals surface area contributed by atoms with E-state index in [0.29, 0.717) is 12.6 Å². The van der Waals surface area contributed by atoms with Crippen molar-refractivity contribution in [3.63, 3.8) is 0 Å². The van der Waals surface area contributed by atoms with Crippen LogP contribution in [0.2, 0.25) is 0 Å². The number of hydrogen-bond donors (Lipinski definition) is 1. The predicted molar refractivity (Wildman–Crippen MR) is 152 cm³/mol. The van der Waals surface area contributed by atoms with E-state index in [2.05, 4.69) is 80.1 Å². The SMILES string of the molecule is CCc1cccc(CC)c1-c1nc(C)c(CN(C)C2CCCc3ccccc32)c(N2CCCC(O)C2)n1. The Bertz CT molecular complexity index is 1220. The second-order valence-corrected chi connectivity index (χ2v) is 10.9. The van der Waals surface area contributed by atoms with Crippen LogP contribution in [-0.4, -0.2) is 46.2 Å². The van der Waals surface area contributed by atoms with Gasteiger partial charge in [0.25, 0.3) is 0 Å². The molecule has 3 aromatic rings. The Morgan fingerprint density at radius 2 is 1.73 bits per heavy atom. The van der Waals surface area contributed by atoms with Gasteiger partial charge in [-0.3, -0.25) is 4.90 Å². The lowest BCUT2D eigenvalue weighted by molar-refractivity contribution is 0.153. The minimum Gasteiger partial charge on any atom is -0.391 e. The fourth-order valence-electron chi connectivity index (χ4n) is 6.36. The van der Waals surface area contributed by atoms with Crippen LogP contribution in [0.5, 0.6) is 0 Å². The van der Waals surface area contributed by atoms with Crippen molar-refractivity contribution in [2.24, 2.45) is 0 Å². The van der Waals surface area contributed by atoms with Gasteiger partial charge in [-0.1, -0.05) is 56.3 Å². The first-order chi connectivity index (χ1) is 18.0. The summed E-state index contributed by atoms with van der Waals surface area (Å²) in [5, 5.41) is 10.6. The molecule has 37 heavy (non-hydrogen) atoms. The van der Waals surface area contributed by atoms with Crippen LogP contribution in [0.15, 0.2) is 42.5 Å². The monoisotopic (exact) mass is 498 g/mol. The van der Waals surface area contributed by atoms with Crippen LogP contribution in [0.1, 0.15) is 79.1 Å². The second kappa shape index (κ2) is 11.3. The van der Waals surface area contributed by atoms with Gasteiger partial charge in [0.2, 0.25) is 0 Å². The van der Waals surface area contributed by atoms with Gasteiger partial charge in [-0.2, -0.15) is 0 Å². The third-order valence-corrected chi connectivity index (χ3v) is 8.39. The molecule has 196 valence electrons. The van der Waals surface area contributed by atoms with Gasteiger partial charge in [0.15, 0.2) is 5.82 Å². The van der Waals surface area contributed by atoms with Crippen molar-refractivity contribution < 1.29 is 5.11 Å². The highest BCUT2D eigenvalue weighted by Gasteiger charge is 2.28. The van der Waals surface area contributed by atoms with Gasteiger partial charge in [-0.25, -0.2) is 9.97 Å². The molecule has 2 aromatic carbocycles. The lowest BCUT2D eigenvalue weighted by atomic mass is 9.87. The summed E-state index contributed by atoms with van der Waals surface area (Å²) in [6, 6.07) is 15.9. The number of aliphatic hydroxyl groups excluding tert-OH is 1. The fourth-order valence-corrected chi connectivity index (χ4v) is 6.36. The lowest BCUT2D eigenvalue weighted by Gasteiger charge is -2.36.